The molecule has 0 atom stereocenters. The fourth-order valence-corrected chi connectivity index (χ4v) is 1.03. The fraction of sp³-hybridized carbons (Fsp3) is 0.250. The summed E-state index contributed by atoms with van der Waals surface area (Å²) in [5.41, 5.74) is -0.251. The molecule has 1 rings (SSSR count). The lowest BCUT2D eigenvalue weighted by Gasteiger charge is -1.91. The van der Waals surface area contributed by atoms with Crippen molar-refractivity contribution in [3.8, 4) is 5.75 Å². The van der Waals surface area contributed by atoms with Gasteiger partial charge in [0.25, 0.3) is 0 Å². The predicted molar refractivity (Wildman–Crippen MR) is 62.0 cm³/mol. The SMILES string of the molecule is C=C/C=c1/oc(=O)cc(O)/c1=C/C.CC. The van der Waals surface area contributed by atoms with E-state index < -0.39 is 5.63 Å². The molecular formula is C12H16O3. The van der Waals surface area contributed by atoms with E-state index >= 15 is 0 Å². The van der Waals surface area contributed by atoms with E-state index in [0.717, 1.165) is 6.07 Å². The highest BCUT2D eigenvalue weighted by Gasteiger charge is 1.96. The first-order valence-corrected chi connectivity index (χ1v) is 4.81. The van der Waals surface area contributed by atoms with Gasteiger partial charge in [0.15, 0.2) is 0 Å². The van der Waals surface area contributed by atoms with Crippen LogP contribution in [0.25, 0.3) is 12.2 Å². The maximum absolute atomic E-state index is 10.9. The van der Waals surface area contributed by atoms with E-state index in [4.69, 9.17) is 4.42 Å². The maximum atomic E-state index is 10.9. The number of aromatic hydroxyl groups is 1. The predicted octanol–water partition coefficient (Wildman–Crippen LogP) is 1.14. The summed E-state index contributed by atoms with van der Waals surface area (Å²) in [6.45, 7) is 9.22. The van der Waals surface area contributed by atoms with Crippen LogP contribution in [-0.2, 0) is 0 Å². The van der Waals surface area contributed by atoms with E-state index in [9.17, 15) is 9.90 Å². The lowest BCUT2D eigenvalue weighted by atomic mass is 10.3. The Bertz CT molecular complexity index is 481. The summed E-state index contributed by atoms with van der Waals surface area (Å²) in [7, 11) is 0. The van der Waals surface area contributed by atoms with Crippen molar-refractivity contribution in [3.63, 3.8) is 0 Å². The van der Waals surface area contributed by atoms with Crippen LogP contribution in [0.3, 0.4) is 0 Å². The van der Waals surface area contributed by atoms with Crippen LogP contribution in [-0.4, -0.2) is 5.11 Å². The van der Waals surface area contributed by atoms with Crippen molar-refractivity contribution in [2.75, 3.05) is 0 Å². The van der Waals surface area contributed by atoms with Crippen LogP contribution in [0.15, 0.2) is 27.9 Å². The third-order valence-corrected chi connectivity index (χ3v) is 1.56. The van der Waals surface area contributed by atoms with Crippen LogP contribution < -0.4 is 16.3 Å². The van der Waals surface area contributed by atoms with Crippen molar-refractivity contribution in [1.29, 1.82) is 0 Å². The van der Waals surface area contributed by atoms with Crippen LogP contribution in [0.5, 0.6) is 5.75 Å². The van der Waals surface area contributed by atoms with Gasteiger partial charge in [0, 0.05) is 0 Å². The van der Waals surface area contributed by atoms with Crippen molar-refractivity contribution in [2.45, 2.75) is 20.8 Å². The summed E-state index contributed by atoms with van der Waals surface area (Å²) < 4.78 is 4.85. The number of rotatable bonds is 1. The second-order valence-electron chi connectivity index (χ2n) is 2.42. The summed E-state index contributed by atoms with van der Waals surface area (Å²) in [5, 5.41) is 9.85. The maximum Gasteiger partial charge on any atom is 0.339 e. The largest absolute Gasteiger partial charge is 0.507 e. The smallest absolute Gasteiger partial charge is 0.339 e. The van der Waals surface area contributed by atoms with Gasteiger partial charge in [0.1, 0.15) is 11.2 Å². The Morgan fingerprint density at radius 3 is 2.53 bits per heavy atom. The second-order valence-corrected chi connectivity index (χ2v) is 2.42. The first-order valence-electron chi connectivity index (χ1n) is 4.81. The van der Waals surface area contributed by atoms with Gasteiger partial charge in [-0.2, -0.15) is 0 Å². The van der Waals surface area contributed by atoms with Crippen molar-refractivity contribution < 1.29 is 9.52 Å². The standard InChI is InChI=1S/C10H10O3.C2H6/c1-3-5-9-7(4-2)8(11)6-10(12)13-9;1-2/h3-6,11H,1H2,2H3;1-2H3/b7-4-,9-5+;. The molecule has 3 nitrogen and oxygen atoms in total. The van der Waals surface area contributed by atoms with Crippen LogP contribution in [0.1, 0.15) is 20.8 Å². The van der Waals surface area contributed by atoms with E-state index in [1.165, 1.54) is 12.2 Å². The zero-order valence-corrected chi connectivity index (χ0v) is 9.28. The molecular weight excluding hydrogens is 192 g/mol. The summed E-state index contributed by atoms with van der Waals surface area (Å²) >= 11 is 0. The summed E-state index contributed by atoms with van der Waals surface area (Å²) in [6, 6.07) is 1.04. The molecule has 0 aliphatic carbocycles. The number of hydrogen-bond acceptors (Lipinski definition) is 3. The third kappa shape index (κ3) is 3.46. The number of allylic oxidation sites excluding steroid dienone is 1. The molecule has 0 bridgehead atoms. The minimum Gasteiger partial charge on any atom is -0.507 e. The zero-order valence-electron chi connectivity index (χ0n) is 9.28. The van der Waals surface area contributed by atoms with Crippen molar-refractivity contribution in [2.24, 2.45) is 0 Å². The molecule has 1 N–H and O–H groups in total. The number of hydrogen-bond donors (Lipinski definition) is 1. The lowest BCUT2D eigenvalue weighted by molar-refractivity contribution is 0.425. The molecule has 1 aromatic heterocycles. The second kappa shape index (κ2) is 6.65. The van der Waals surface area contributed by atoms with Gasteiger partial charge in [-0.1, -0.05) is 32.6 Å². The Labute approximate surface area is 88.7 Å². The molecule has 0 unspecified atom stereocenters. The van der Waals surface area contributed by atoms with Crippen LogP contribution in [0, 0.1) is 0 Å². The van der Waals surface area contributed by atoms with E-state index in [-0.39, 0.29) is 5.75 Å². The van der Waals surface area contributed by atoms with Crippen LogP contribution >= 0.6 is 0 Å². The van der Waals surface area contributed by atoms with Gasteiger partial charge < -0.3 is 9.52 Å². The topological polar surface area (TPSA) is 50.4 Å². The monoisotopic (exact) mass is 208 g/mol. The van der Waals surface area contributed by atoms with Gasteiger partial charge in [-0.15, -0.1) is 0 Å². The molecule has 0 aliphatic rings. The highest BCUT2D eigenvalue weighted by molar-refractivity contribution is 5.38. The minimum absolute atomic E-state index is 0.0770. The molecule has 0 saturated heterocycles. The summed E-state index contributed by atoms with van der Waals surface area (Å²) in [6.07, 6.45) is 4.68. The van der Waals surface area contributed by atoms with Crippen molar-refractivity contribution in [1.82, 2.24) is 0 Å². The lowest BCUT2D eigenvalue weighted by Crippen LogP contribution is -2.28. The van der Waals surface area contributed by atoms with Crippen LogP contribution in [0.2, 0.25) is 0 Å². The first kappa shape index (κ1) is 13.2. The van der Waals surface area contributed by atoms with Crippen LogP contribution in [0.4, 0.5) is 0 Å². The highest BCUT2D eigenvalue weighted by atomic mass is 16.4. The van der Waals surface area contributed by atoms with Crippen molar-refractivity contribution in [3.05, 3.63) is 39.8 Å². The van der Waals surface area contributed by atoms with E-state index in [1.807, 2.05) is 13.8 Å². The normalized spacial score (nSPS) is 11.9. The Morgan fingerprint density at radius 1 is 1.47 bits per heavy atom. The molecule has 0 aromatic carbocycles. The zero-order chi connectivity index (χ0) is 11.8. The average Bonchev–Trinajstić information content (AvgIpc) is 2.21. The van der Waals surface area contributed by atoms with E-state index in [2.05, 4.69) is 6.58 Å². The molecule has 0 fully saturated rings. The van der Waals surface area contributed by atoms with Crippen molar-refractivity contribution >= 4 is 12.2 Å². The van der Waals surface area contributed by atoms with Gasteiger partial charge in [-0.3, -0.25) is 0 Å². The van der Waals surface area contributed by atoms with Gasteiger partial charge in [0.05, 0.1) is 11.3 Å². The Hall–Kier alpha value is -1.77. The molecule has 3 heteroatoms. The third-order valence-electron chi connectivity index (χ3n) is 1.56. The van der Waals surface area contributed by atoms with Gasteiger partial charge in [-0.25, -0.2) is 4.79 Å². The Balaban J connectivity index is 0.000000921. The minimum atomic E-state index is -0.573. The van der Waals surface area contributed by atoms with Gasteiger partial charge >= 0.3 is 5.63 Å². The first-order chi connectivity index (χ1) is 7.19. The molecule has 0 amide bonds. The molecule has 82 valence electrons. The van der Waals surface area contributed by atoms with Gasteiger partial charge in [-0.05, 0) is 13.0 Å². The quantitative estimate of drug-likeness (QED) is 0.753. The van der Waals surface area contributed by atoms with E-state index in [1.54, 1.807) is 13.0 Å². The molecule has 1 aromatic rings. The van der Waals surface area contributed by atoms with E-state index in [0.29, 0.717) is 10.6 Å². The summed E-state index contributed by atoms with van der Waals surface area (Å²) in [4.78, 5) is 10.9. The van der Waals surface area contributed by atoms with Gasteiger partial charge in [0.2, 0.25) is 0 Å². The summed E-state index contributed by atoms with van der Waals surface area (Å²) in [5.74, 6) is -0.0770. The molecule has 0 saturated carbocycles. The molecule has 0 radical (unpaired) electrons. The Kier molecular flexibility index (Phi) is 5.86. The molecule has 15 heavy (non-hydrogen) atoms. The highest BCUT2D eigenvalue weighted by Crippen LogP contribution is 1.89. The average molecular weight is 208 g/mol. The molecule has 0 spiro atoms. The Morgan fingerprint density at radius 2 is 2.07 bits per heavy atom. The molecule has 1 heterocycles. The molecule has 0 aliphatic heterocycles. The fourth-order valence-electron chi connectivity index (χ4n) is 1.03.